The van der Waals surface area contributed by atoms with Crippen LogP contribution >= 0.6 is 15.9 Å². The molecule has 74 valence electrons. The Kier molecular flexibility index (Phi) is 2.87. The lowest BCUT2D eigenvalue weighted by Crippen LogP contribution is -1.87. The van der Waals surface area contributed by atoms with Gasteiger partial charge >= 0.3 is 0 Å². The molecule has 0 saturated carbocycles. The number of hydrogen-bond donors (Lipinski definition) is 1. The molecule has 3 heteroatoms. The summed E-state index contributed by atoms with van der Waals surface area (Å²) in [5.41, 5.74) is 2.54. The summed E-state index contributed by atoms with van der Waals surface area (Å²) >= 11 is 3.52. The van der Waals surface area contributed by atoms with Gasteiger partial charge in [-0.2, -0.15) is 5.10 Å². The van der Waals surface area contributed by atoms with Crippen LogP contribution in [-0.2, 0) is 6.42 Å². The number of hydrogen-bond acceptors (Lipinski definition) is 1. The second-order valence-corrected chi connectivity index (χ2v) is 4.42. The highest BCUT2D eigenvalue weighted by atomic mass is 79.9. The van der Waals surface area contributed by atoms with Crippen LogP contribution in [0.15, 0.2) is 22.8 Å². The molecule has 14 heavy (non-hydrogen) atoms. The fourth-order valence-corrected chi connectivity index (χ4v) is 2.18. The molecule has 0 amide bonds. The molecule has 0 aliphatic rings. The molecule has 1 N–H and O–H groups in total. The van der Waals surface area contributed by atoms with E-state index in [0.717, 1.165) is 10.9 Å². The van der Waals surface area contributed by atoms with Crippen LogP contribution in [0.25, 0.3) is 10.9 Å². The number of nitrogens with one attached hydrogen (secondary N) is 1. The van der Waals surface area contributed by atoms with Crippen molar-refractivity contribution in [3.05, 3.63) is 28.4 Å². The molecule has 0 bridgehead atoms. The zero-order valence-corrected chi connectivity index (χ0v) is 9.76. The van der Waals surface area contributed by atoms with Gasteiger partial charge in [0.25, 0.3) is 0 Å². The summed E-state index contributed by atoms with van der Waals surface area (Å²) in [7, 11) is 0. The van der Waals surface area contributed by atoms with Gasteiger partial charge in [0.2, 0.25) is 0 Å². The minimum absolute atomic E-state index is 1.12. The first kappa shape index (κ1) is 9.71. The monoisotopic (exact) mass is 252 g/mol. The second kappa shape index (κ2) is 4.13. The summed E-state index contributed by atoms with van der Waals surface area (Å²) in [5.74, 6) is 0. The number of unbranched alkanes of at least 4 members (excludes halogenated alkanes) is 1. The first-order valence-corrected chi connectivity index (χ1v) is 5.72. The SMILES string of the molecule is CCCCc1cc(Br)cc2cn[nH]c12. The average Bonchev–Trinajstić information content (AvgIpc) is 2.61. The van der Waals surface area contributed by atoms with Crippen LogP contribution in [-0.4, -0.2) is 10.2 Å². The van der Waals surface area contributed by atoms with Gasteiger partial charge in [-0.3, -0.25) is 5.10 Å². The number of aromatic nitrogens is 2. The zero-order valence-electron chi connectivity index (χ0n) is 8.18. The van der Waals surface area contributed by atoms with Gasteiger partial charge in [0.05, 0.1) is 11.7 Å². The molecule has 1 aromatic heterocycles. The maximum absolute atomic E-state index is 4.07. The highest BCUT2D eigenvalue weighted by molar-refractivity contribution is 9.10. The summed E-state index contributed by atoms with van der Waals surface area (Å²) in [5, 5.41) is 8.30. The molecular formula is C11H13BrN2. The Hall–Kier alpha value is -0.830. The van der Waals surface area contributed by atoms with Gasteiger partial charge < -0.3 is 0 Å². The molecule has 0 fully saturated rings. The lowest BCUT2D eigenvalue weighted by molar-refractivity contribution is 0.797. The van der Waals surface area contributed by atoms with Gasteiger partial charge in [0.1, 0.15) is 0 Å². The van der Waals surface area contributed by atoms with Crippen LogP contribution in [0.3, 0.4) is 0 Å². The molecule has 0 atom stereocenters. The third-order valence-corrected chi connectivity index (χ3v) is 2.85. The summed E-state index contributed by atoms with van der Waals surface area (Å²) in [6, 6.07) is 4.27. The third kappa shape index (κ3) is 1.82. The highest BCUT2D eigenvalue weighted by Gasteiger charge is 2.04. The first-order valence-electron chi connectivity index (χ1n) is 4.92. The summed E-state index contributed by atoms with van der Waals surface area (Å²) in [6.07, 6.45) is 5.44. The number of aryl methyl sites for hydroxylation is 1. The van der Waals surface area contributed by atoms with E-state index in [-0.39, 0.29) is 0 Å². The number of aromatic amines is 1. The van der Waals surface area contributed by atoms with Crippen LogP contribution in [0.4, 0.5) is 0 Å². The topological polar surface area (TPSA) is 28.7 Å². The van der Waals surface area contributed by atoms with Crippen molar-refractivity contribution in [2.45, 2.75) is 26.2 Å². The Morgan fingerprint density at radius 1 is 1.43 bits per heavy atom. The van der Waals surface area contributed by atoms with Gasteiger partial charge in [-0.05, 0) is 30.5 Å². The summed E-state index contributed by atoms with van der Waals surface area (Å²) in [6.45, 7) is 2.21. The minimum atomic E-state index is 1.12. The van der Waals surface area contributed by atoms with E-state index in [2.05, 4.69) is 45.2 Å². The van der Waals surface area contributed by atoms with Crippen molar-refractivity contribution in [1.29, 1.82) is 0 Å². The van der Waals surface area contributed by atoms with Gasteiger partial charge in [-0.15, -0.1) is 0 Å². The number of nitrogens with zero attached hydrogens (tertiary/aromatic N) is 1. The molecule has 0 unspecified atom stereocenters. The fraction of sp³-hybridized carbons (Fsp3) is 0.364. The number of benzene rings is 1. The smallest absolute Gasteiger partial charge is 0.0683 e. The van der Waals surface area contributed by atoms with Crippen molar-refractivity contribution < 1.29 is 0 Å². The number of halogens is 1. The van der Waals surface area contributed by atoms with Gasteiger partial charge in [0.15, 0.2) is 0 Å². The van der Waals surface area contributed by atoms with E-state index in [4.69, 9.17) is 0 Å². The zero-order chi connectivity index (χ0) is 9.97. The van der Waals surface area contributed by atoms with Crippen LogP contribution in [0.1, 0.15) is 25.3 Å². The highest BCUT2D eigenvalue weighted by Crippen LogP contribution is 2.23. The lowest BCUT2D eigenvalue weighted by atomic mass is 10.1. The number of H-pyrrole nitrogens is 1. The molecule has 0 aliphatic carbocycles. The molecule has 0 aliphatic heterocycles. The molecule has 2 nitrogen and oxygen atoms in total. The molecule has 0 radical (unpaired) electrons. The minimum Gasteiger partial charge on any atom is -0.278 e. The molecule has 0 saturated heterocycles. The van der Waals surface area contributed by atoms with Crippen molar-refractivity contribution in [3.63, 3.8) is 0 Å². The Balaban J connectivity index is 2.44. The van der Waals surface area contributed by atoms with Crippen molar-refractivity contribution in [1.82, 2.24) is 10.2 Å². The van der Waals surface area contributed by atoms with E-state index in [9.17, 15) is 0 Å². The van der Waals surface area contributed by atoms with Crippen molar-refractivity contribution in [2.75, 3.05) is 0 Å². The Labute approximate surface area is 91.8 Å². The average molecular weight is 253 g/mol. The lowest BCUT2D eigenvalue weighted by Gasteiger charge is -2.02. The van der Waals surface area contributed by atoms with Crippen LogP contribution in [0, 0.1) is 0 Å². The van der Waals surface area contributed by atoms with Crippen molar-refractivity contribution in [2.24, 2.45) is 0 Å². The van der Waals surface area contributed by atoms with Gasteiger partial charge in [-0.1, -0.05) is 29.3 Å². The second-order valence-electron chi connectivity index (χ2n) is 3.50. The predicted molar refractivity (Wildman–Crippen MR) is 62.4 cm³/mol. The largest absolute Gasteiger partial charge is 0.278 e. The van der Waals surface area contributed by atoms with Gasteiger partial charge in [-0.25, -0.2) is 0 Å². The van der Waals surface area contributed by atoms with Crippen LogP contribution < -0.4 is 0 Å². The number of fused-ring (bicyclic) bond motifs is 1. The molecule has 0 spiro atoms. The molecular weight excluding hydrogens is 240 g/mol. The fourth-order valence-electron chi connectivity index (χ4n) is 1.66. The standard InChI is InChI=1S/C11H13BrN2/c1-2-3-4-8-5-10(12)6-9-7-13-14-11(8)9/h5-7H,2-4H2,1H3,(H,13,14). The maximum Gasteiger partial charge on any atom is 0.0683 e. The maximum atomic E-state index is 4.07. The van der Waals surface area contributed by atoms with E-state index in [1.54, 1.807) is 0 Å². The van der Waals surface area contributed by atoms with E-state index < -0.39 is 0 Å². The Bertz CT molecular complexity index is 434. The Morgan fingerprint density at radius 2 is 2.29 bits per heavy atom. The normalized spacial score (nSPS) is 11.0. The first-order chi connectivity index (χ1) is 6.81. The molecule has 1 aromatic carbocycles. The Morgan fingerprint density at radius 3 is 3.07 bits per heavy atom. The summed E-state index contributed by atoms with van der Waals surface area (Å²) in [4.78, 5) is 0. The molecule has 2 aromatic rings. The number of rotatable bonds is 3. The van der Waals surface area contributed by atoms with E-state index >= 15 is 0 Å². The van der Waals surface area contributed by atoms with Gasteiger partial charge in [0, 0.05) is 9.86 Å². The van der Waals surface area contributed by atoms with E-state index in [0.29, 0.717) is 0 Å². The quantitative estimate of drug-likeness (QED) is 0.888. The van der Waals surface area contributed by atoms with Crippen molar-refractivity contribution >= 4 is 26.8 Å². The molecule has 1 heterocycles. The molecule has 2 rings (SSSR count). The van der Waals surface area contributed by atoms with Crippen molar-refractivity contribution in [3.8, 4) is 0 Å². The van der Waals surface area contributed by atoms with Crippen LogP contribution in [0.2, 0.25) is 0 Å². The van der Waals surface area contributed by atoms with E-state index in [1.807, 2.05) is 6.20 Å². The third-order valence-electron chi connectivity index (χ3n) is 2.39. The summed E-state index contributed by atoms with van der Waals surface area (Å²) < 4.78 is 1.14. The van der Waals surface area contributed by atoms with Crippen LogP contribution in [0.5, 0.6) is 0 Å². The predicted octanol–water partition coefficient (Wildman–Crippen LogP) is 3.67. The van der Waals surface area contributed by atoms with E-state index in [1.165, 1.54) is 29.3 Å².